The summed E-state index contributed by atoms with van der Waals surface area (Å²) in [5.41, 5.74) is 12.0. The van der Waals surface area contributed by atoms with Crippen molar-refractivity contribution in [2.75, 3.05) is 5.32 Å². The summed E-state index contributed by atoms with van der Waals surface area (Å²) in [5, 5.41) is 6.20. The molecule has 2 aromatic carbocycles. The molecule has 1 aliphatic heterocycles. The van der Waals surface area contributed by atoms with Crippen LogP contribution >= 0.6 is 0 Å². The molecule has 0 bridgehead atoms. The van der Waals surface area contributed by atoms with E-state index < -0.39 is 0 Å². The van der Waals surface area contributed by atoms with Crippen LogP contribution in [0.25, 0.3) is 38.4 Å². The van der Waals surface area contributed by atoms with Crippen molar-refractivity contribution < 1.29 is 4.79 Å². The summed E-state index contributed by atoms with van der Waals surface area (Å²) in [4.78, 5) is 24.7. The molecule has 0 aliphatic carbocycles. The van der Waals surface area contributed by atoms with Crippen molar-refractivity contribution in [1.29, 1.82) is 0 Å². The first-order chi connectivity index (χ1) is 16.2. The van der Waals surface area contributed by atoms with Crippen molar-refractivity contribution in [1.82, 2.24) is 15.0 Å². The van der Waals surface area contributed by atoms with Crippen molar-refractivity contribution in [2.24, 2.45) is 5.73 Å². The standard InChI is InChI=1S/C27H21N5O/c28-21(10-20-15-30-25-4-2-1-3-22(20)25)12-24-23-11-19(14-31-26(23)32-27(24)33)16-5-6-18-13-29-8-7-17(18)9-16/h1-9,11-15,21,30H,10,28H2,(H,31,32,33)/t21-/m0/s1. The van der Waals surface area contributed by atoms with Gasteiger partial charge in [-0.1, -0.05) is 36.4 Å². The Balaban J connectivity index is 1.34. The van der Waals surface area contributed by atoms with E-state index >= 15 is 0 Å². The molecule has 0 fully saturated rings. The van der Waals surface area contributed by atoms with Crippen LogP contribution in [0.2, 0.25) is 0 Å². The molecule has 6 rings (SSSR count). The van der Waals surface area contributed by atoms with Crippen molar-refractivity contribution in [3.63, 3.8) is 0 Å². The SMILES string of the molecule is N[C@H](C=C1C(=O)Nc2ncc(-c3ccc4cnccc4c3)cc21)Cc1c[nH]c2ccccc12. The highest BCUT2D eigenvalue weighted by Gasteiger charge is 2.26. The summed E-state index contributed by atoms with van der Waals surface area (Å²) >= 11 is 0. The second kappa shape index (κ2) is 7.69. The zero-order valence-corrected chi connectivity index (χ0v) is 17.7. The minimum atomic E-state index is -0.312. The zero-order chi connectivity index (χ0) is 22.4. The maximum absolute atomic E-state index is 12.7. The van der Waals surface area contributed by atoms with Crippen molar-refractivity contribution >= 4 is 39.0 Å². The third-order valence-corrected chi connectivity index (χ3v) is 6.14. The van der Waals surface area contributed by atoms with Gasteiger partial charge >= 0.3 is 0 Å². The van der Waals surface area contributed by atoms with Crippen LogP contribution in [0.4, 0.5) is 5.82 Å². The van der Waals surface area contributed by atoms with Crippen LogP contribution in [0, 0.1) is 0 Å². The highest BCUT2D eigenvalue weighted by molar-refractivity contribution is 6.31. The van der Waals surface area contributed by atoms with Crippen LogP contribution < -0.4 is 11.1 Å². The number of pyridine rings is 2. The number of nitrogens with one attached hydrogen (secondary N) is 2. The number of hydrogen-bond donors (Lipinski definition) is 3. The lowest BCUT2D eigenvalue weighted by Crippen LogP contribution is -2.21. The number of anilines is 1. The van der Waals surface area contributed by atoms with E-state index in [-0.39, 0.29) is 11.9 Å². The van der Waals surface area contributed by atoms with Crippen molar-refractivity contribution in [3.8, 4) is 11.1 Å². The summed E-state index contributed by atoms with van der Waals surface area (Å²) < 4.78 is 0. The van der Waals surface area contributed by atoms with Gasteiger partial charge in [0.1, 0.15) is 5.82 Å². The van der Waals surface area contributed by atoms with Gasteiger partial charge in [-0.05, 0) is 47.2 Å². The van der Waals surface area contributed by atoms with Gasteiger partial charge in [0.25, 0.3) is 5.91 Å². The number of para-hydroxylation sites is 1. The third kappa shape index (κ3) is 3.46. The Labute approximate surface area is 190 Å². The normalized spacial score (nSPS) is 15.2. The monoisotopic (exact) mass is 431 g/mol. The van der Waals surface area contributed by atoms with Gasteiger partial charge < -0.3 is 16.0 Å². The summed E-state index contributed by atoms with van der Waals surface area (Å²) in [6.45, 7) is 0. The van der Waals surface area contributed by atoms with E-state index in [2.05, 4.69) is 32.4 Å². The largest absolute Gasteiger partial charge is 0.361 e. The van der Waals surface area contributed by atoms with E-state index in [0.717, 1.165) is 43.9 Å². The Kier molecular flexibility index (Phi) is 4.52. The fourth-order valence-corrected chi connectivity index (χ4v) is 4.48. The van der Waals surface area contributed by atoms with E-state index in [1.807, 2.05) is 60.9 Å². The smallest absolute Gasteiger partial charge is 0.257 e. The molecule has 0 radical (unpaired) electrons. The average molecular weight is 431 g/mol. The number of amides is 1. The molecule has 6 heteroatoms. The van der Waals surface area contributed by atoms with Gasteiger partial charge in [-0.2, -0.15) is 0 Å². The molecule has 1 atom stereocenters. The van der Waals surface area contributed by atoms with Crippen LogP contribution in [0.15, 0.2) is 85.5 Å². The summed E-state index contributed by atoms with van der Waals surface area (Å²) in [7, 11) is 0. The van der Waals surface area contributed by atoms with Crippen LogP contribution in [0.1, 0.15) is 11.1 Å². The molecule has 5 aromatic rings. The number of fused-ring (bicyclic) bond motifs is 3. The molecule has 160 valence electrons. The minimum Gasteiger partial charge on any atom is -0.361 e. The maximum atomic E-state index is 12.7. The molecule has 0 spiro atoms. The lowest BCUT2D eigenvalue weighted by Gasteiger charge is -2.09. The van der Waals surface area contributed by atoms with Gasteiger partial charge in [0.2, 0.25) is 0 Å². The van der Waals surface area contributed by atoms with Crippen LogP contribution in [0.3, 0.4) is 0 Å². The first-order valence-corrected chi connectivity index (χ1v) is 10.8. The molecule has 0 saturated heterocycles. The number of H-pyrrole nitrogens is 1. The quantitative estimate of drug-likeness (QED) is 0.360. The van der Waals surface area contributed by atoms with Crippen LogP contribution in [0.5, 0.6) is 0 Å². The Morgan fingerprint density at radius 1 is 1.00 bits per heavy atom. The first kappa shape index (κ1) is 19.4. The highest BCUT2D eigenvalue weighted by atomic mass is 16.2. The number of nitrogens with two attached hydrogens (primary N) is 1. The second-order valence-corrected chi connectivity index (χ2v) is 8.32. The van der Waals surface area contributed by atoms with Crippen LogP contribution in [-0.2, 0) is 11.2 Å². The number of hydrogen-bond acceptors (Lipinski definition) is 4. The van der Waals surface area contributed by atoms with E-state index in [4.69, 9.17) is 5.73 Å². The molecule has 0 saturated carbocycles. The maximum Gasteiger partial charge on any atom is 0.257 e. The molecule has 0 unspecified atom stereocenters. The number of carbonyl (C=O) groups is 1. The predicted molar refractivity (Wildman–Crippen MR) is 132 cm³/mol. The molecule has 1 amide bonds. The fraction of sp³-hybridized carbons (Fsp3) is 0.0741. The average Bonchev–Trinajstić information content (AvgIpc) is 3.39. The molecule has 1 aliphatic rings. The Bertz CT molecular complexity index is 1570. The number of aromatic amines is 1. The lowest BCUT2D eigenvalue weighted by atomic mass is 9.98. The predicted octanol–water partition coefficient (Wildman–Crippen LogP) is 4.68. The summed E-state index contributed by atoms with van der Waals surface area (Å²) in [6, 6.07) is 18.0. The van der Waals surface area contributed by atoms with Gasteiger partial charge in [-0.15, -0.1) is 0 Å². The van der Waals surface area contributed by atoms with E-state index in [1.165, 1.54) is 0 Å². The molecule has 33 heavy (non-hydrogen) atoms. The Hall–Kier alpha value is -4.29. The Morgan fingerprint density at radius 3 is 2.85 bits per heavy atom. The highest BCUT2D eigenvalue weighted by Crippen LogP contribution is 2.34. The zero-order valence-electron chi connectivity index (χ0n) is 17.7. The molecule has 6 nitrogen and oxygen atoms in total. The van der Waals surface area contributed by atoms with Gasteiger partial charge in [-0.25, -0.2) is 4.98 Å². The molecule has 4 N–H and O–H groups in total. The molecular weight excluding hydrogens is 410 g/mol. The summed E-state index contributed by atoms with van der Waals surface area (Å²) in [5.74, 6) is 0.396. The van der Waals surface area contributed by atoms with E-state index in [1.54, 1.807) is 12.4 Å². The van der Waals surface area contributed by atoms with Crippen LogP contribution in [-0.4, -0.2) is 26.9 Å². The lowest BCUT2D eigenvalue weighted by molar-refractivity contribution is -0.110. The first-order valence-electron chi connectivity index (χ1n) is 10.8. The Morgan fingerprint density at radius 2 is 1.91 bits per heavy atom. The number of carbonyl (C=O) groups excluding carboxylic acids is 1. The van der Waals surface area contributed by atoms with Gasteiger partial charge in [0, 0.05) is 63.8 Å². The van der Waals surface area contributed by atoms with E-state index in [9.17, 15) is 4.79 Å². The topological polar surface area (TPSA) is 96.7 Å². The van der Waals surface area contributed by atoms with Gasteiger partial charge in [0.15, 0.2) is 0 Å². The minimum absolute atomic E-state index is 0.173. The number of benzene rings is 2. The fourth-order valence-electron chi connectivity index (χ4n) is 4.48. The second-order valence-electron chi connectivity index (χ2n) is 8.32. The van der Waals surface area contributed by atoms with E-state index in [0.29, 0.717) is 17.8 Å². The number of nitrogens with zero attached hydrogens (tertiary/aromatic N) is 2. The molecular formula is C27H21N5O. The van der Waals surface area contributed by atoms with Crippen molar-refractivity contribution in [3.05, 3.63) is 96.6 Å². The molecule has 3 aromatic heterocycles. The van der Waals surface area contributed by atoms with Gasteiger partial charge in [0.05, 0.1) is 0 Å². The molecule has 4 heterocycles. The van der Waals surface area contributed by atoms with Crippen molar-refractivity contribution in [2.45, 2.75) is 12.5 Å². The number of aromatic nitrogens is 3. The summed E-state index contributed by atoms with van der Waals surface area (Å²) in [6.07, 6.45) is 9.88. The van der Waals surface area contributed by atoms with Gasteiger partial charge in [-0.3, -0.25) is 9.78 Å². The third-order valence-electron chi connectivity index (χ3n) is 6.14. The number of rotatable bonds is 4.